The third-order valence-corrected chi connectivity index (χ3v) is 4.44. The molecule has 0 amide bonds. The number of ketones is 1. The van der Waals surface area contributed by atoms with E-state index in [1.165, 1.54) is 6.92 Å². The van der Waals surface area contributed by atoms with Crippen molar-refractivity contribution < 1.29 is 13.2 Å². The highest BCUT2D eigenvalue weighted by Crippen LogP contribution is 2.32. The lowest BCUT2D eigenvalue weighted by molar-refractivity contribution is -0.119. The molecule has 0 saturated heterocycles. The third-order valence-electron chi connectivity index (χ3n) is 2.32. The van der Waals surface area contributed by atoms with E-state index in [4.69, 9.17) is 0 Å². The molecule has 0 aromatic rings. The van der Waals surface area contributed by atoms with Gasteiger partial charge in [0, 0.05) is 11.7 Å². The molecule has 4 heteroatoms. The maximum atomic E-state index is 11.3. The summed E-state index contributed by atoms with van der Waals surface area (Å²) in [5.74, 6) is 0.0188. The molecule has 1 saturated carbocycles. The normalized spacial score (nSPS) is 20.5. The van der Waals surface area contributed by atoms with Crippen molar-refractivity contribution in [2.75, 3.05) is 5.75 Å². The van der Waals surface area contributed by atoms with Crippen molar-refractivity contribution in [3.8, 4) is 0 Å². The Kier molecular flexibility index (Phi) is 2.56. The molecule has 1 aliphatic rings. The van der Waals surface area contributed by atoms with Gasteiger partial charge in [0.25, 0.3) is 0 Å². The summed E-state index contributed by atoms with van der Waals surface area (Å²) in [5, 5.41) is -0.782. The Morgan fingerprint density at radius 3 is 2.33 bits per heavy atom. The Morgan fingerprint density at radius 2 is 2.00 bits per heavy atom. The van der Waals surface area contributed by atoms with Gasteiger partial charge in [0.15, 0.2) is 15.6 Å². The van der Waals surface area contributed by atoms with Crippen LogP contribution in [0, 0.1) is 5.92 Å². The van der Waals surface area contributed by atoms with Crippen LogP contribution in [0.15, 0.2) is 0 Å². The van der Waals surface area contributed by atoms with Crippen LogP contribution in [0.5, 0.6) is 0 Å². The predicted octanol–water partition coefficient (Wildman–Crippen LogP) is 0.789. The summed E-state index contributed by atoms with van der Waals surface area (Å²) in [6, 6.07) is 0. The molecule has 0 N–H and O–H groups in total. The Balaban J connectivity index is 2.69. The van der Waals surface area contributed by atoms with Crippen LogP contribution in [-0.2, 0) is 14.6 Å². The SMILES string of the molecule is CCS(=O)(=O)C(C)C(=O)C1CC1. The second-order valence-electron chi connectivity index (χ2n) is 3.27. The molecule has 0 bridgehead atoms. The minimum absolute atomic E-state index is 0.0429. The van der Waals surface area contributed by atoms with Crippen molar-refractivity contribution in [2.24, 2.45) is 5.92 Å². The van der Waals surface area contributed by atoms with Gasteiger partial charge < -0.3 is 0 Å². The minimum atomic E-state index is -3.15. The monoisotopic (exact) mass is 190 g/mol. The Hall–Kier alpha value is -0.380. The lowest BCUT2D eigenvalue weighted by Gasteiger charge is -2.08. The lowest BCUT2D eigenvalue weighted by Crippen LogP contribution is -2.29. The number of hydrogen-bond acceptors (Lipinski definition) is 3. The van der Waals surface area contributed by atoms with Crippen LogP contribution >= 0.6 is 0 Å². The Labute approximate surface area is 73.1 Å². The molecular weight excluding hydrogens is 176 g/mol. The number of carbonyl (C=O) groups is 1. The first-order chi connectivity index (χ1) is 5.49. The lowest BCUT2D eigenvalue weighted by atomic mass is 10.2. The summed E-state index contributed by atoms with van der Waals surface area (Å²) in [5.41, 5.74) is 0. The number of rotatable bonds is 4. The molecule has 0 spiro atoms. The van der Waals surface area contributed by atoms with Crippen molar-refractivity contribution in [1.82, 2.24) is 0 Å². The fourth-order valence-electron chi connectivity index (χ4n) is 1.13. The van der Waals surface area contributed by atoms with E-state index in [1.807, 2.05) is 0 Å². The van der Waals surface area contributed by atoms with Crippen LogP contribution in [0.4, 0.5) is 0 Å². The van der Waals surface area contributed by atoms with E-state index in [-0.39, 0.29) is 17.5 Å². The van der Waals surface area contributed by atoms with Crippen molar-refractivity contribution in [3.63, 3.8) is 0 Å². The van der Waals surface area contributed by atoms with Gasteiger partial charge in [0.05, 0.1) is 0 Å². The predicted molar refractivity (Wildman–Crippen MR) is 46.7 cm³/mol. The van der Waals surface area contributed by atoms with Crippen LogP contribution < -0.4 is 0 Å². The van der Waals surface area contributed by atoms with E-state index >= 15 is 0 Å². The highest BCUT2D eigenvalue weighted by molar-refractivity contribution is 7.92. The first kappa shape index (κ1) is 9.71. The van der Waals surface area contributed by atoms with Gasteiger partial charge in [-0.3, -0.25) is 4.79 Å². The summed E-state index contributed by atoms with van der Waals surface area (Å²) in [4.78, 5) is 11.3. The van der Waals surface area contributed by atoms with Crippen LogP contribution in [0.25, 0.3) is 0 Å². The largest absolute Gasteiger partial charge is 0.298 e. The number of hydrogen-bond donors (Lipinski definition) is 0. The van der Waals surface area contributed by atoms with Crippen molar-refractivity contribution >= 4 is 15.6 Å². The Bertz CT molecular complexity index is 275. The molecular formula is C8H14O3S. The molecule has 1 unspecified atom stereocenters. The molecule has 1 rings (SSSR count). The van der Waals surface area contributed by atoms with Gasteiger partial charge in [-0.15, -0.1) is 0 Å². The van der Waals surface area contributed by atoms with Gasteiger partial charge in [-0.05, 0) is 19.8 Å². The quantitative estimate of drug-likeness (QED) is 0.658. The molecule has 1 fully saturated rings. The fraction of sp³-hybridized carbons (Fsp3) is 0.875. The second kappa shape index (κ2) is 3.17. The highest BCUT2D eigenvalue weighted by Gasteiger charge is 2.37. The van der Waals surface area contributed by atoms with Crippen LogP contribution in [-0.4, -0.2) is 25.2 Å². The fourth-order valence-corrected chi connectivity index (χ4v) is 2.17. The number of sulfone groups is 1. The Morgan fingerprint density at radius 1 is 1.50 bits per heavy atom. The van der Waals surface area contributed by atoms with Crippen LogP contribution in [0.1, 0.15) is 26.7 Å². The van der Waals surface area contributed by atoms with E-state index in [0.29, 0.717) is 0 Å². The van der Waals surface area contributed by atoms with E-state index in [2.05, 4.69) is 0 Å². The first-order valence-corrected chi connectivity index (χ1v) is 5.96. The maximum Gasteiger partial charge on any atom is 0.159 e. The summed E-state index contributed by atoms with van der Waals surface area (Å²) in [6.07, 6.45) is 1.75. The second-order valence-corrected chi connectivity index (χ2v) is 5.88. The van der Waals surface area contributed by atoms with Crippen LogP contribution in [0.3, 0.4) is 0 Å². The summed E-state index contributed by atoms with van der Waals surface area (Å²) in [6.45, 7) is 3.07. The van der Waals surface area contributed by atoms with E-state index in [1.54, 1.807) is 6.92 Å². The van der Waals surface area contributed by atoms with Gasteiger partial charge in [0.1, 0.15) is 5.25 Å². The summed E-state index contributed by atoms with van der Waals surface area (Å²) < 4.78 is 22.5. The zero-order chi connectivity index (χ0) is 9.35. The number of Topliss-reactive ketones (excluding diaryl/α,β-unsaturated/α-hetero) is 1. The third kappa shape index (κ3) is 1.86. The molecule has 12 heavy (non-hydrogen) atoms. The van der Waals surface area contributed by atoms with Gasteiger partial charge in [-0.2, -0.15) is 0 Å². The van der Waals surface area contributed by atoms with E-state index in [9.17, 15) is 13.2 Å². The minimum Gasteiger partial charge on any atom is -0.298 e. The van der Waals surface area contributed by atoms with E-state index < -0.39 is 15.1 Å². The van der Waals surface area contributed by atoms with Gasteiger partial charge in [-0.1, -0.05) is 6.92 Å². The molecule has 0 heterocycles. The molecule has 0 aromatic heterocycles. The molecule has 70 valence electrons. The smallest absolute Gasteiger partial charge is 0.159 e. The summed E-state index contributed by atoms with van der Waals surface area (Å²) in [7, 11) is -3.15. The zero-order valence-corrected chi connectivity index (χ0v) is 8.23. The topological polar surface area (TPSA) is 51.2 Å². The van der Waals surface area contributed by atoms with Crippen molar-refractivity contribution in [2.45, 2.75) is 31.9 Å². The molecule has 0 aliphatic heterocycles. The molecule has 0 radical (unpaired) electrons. The molecule has 0 aromatic carbocycles. The summed E-state index contributed by atoms with van der Waals surface area (Å²) >= 11 is 0. The molecule has 1 aliphatic carbocycles. The van der Waals surface area contributed by atoms with Crippen molar-refractivity contribution in [1.29, 1.82) is 0 Å². The van der Waals surface area contributed by atoms with Crippen LogP contribution in [0.2, 0.25) is 0 Å². The van der Waals surface area contributed by atoms with Gasteiger partial charge in [-0.25, -0.2) is 8.42 Å². The van der Waals surface area contributed by atoms with Gasteiger partial charge >= 0.3 is 0 Å². The number of carbonyl (C=O) groups excluding carboxylic acids is 1. The average molecular weight is 190 g/mol. The molecule has 1 atom stereocenters. The highest BCUT2D eigenvalue weighted by atomic mass is 32.2. The maximum absolute atomic E-state index is 11.3. The average Bonchev–Trinajstić information content (AvgIpc) is 2.84. The van der Waals surface area contributed by atoms with Gasteiger partial charge in [0.2, 0.25) is 0 Å². The van der Waals surface area contributed by atoms with Crippen molar-refractivity contribution in [3.05, 3.63) is 0 Å². The van der Waals surface area contributed by atoms with E-state index in [0.717, 1.165) is 12.8 Å². The zero-order valence-electron chi connectivity index (χ0n) is 7.41. The molecule has 3 nitrogen and oxygen atoms in total. The standard InChI is InChI=1S/C8H14O3S/c1-3-12(10,11)6(2)8(9)7-4-5-7/h6-7H,3-5H2,1-2H3. The first-order valence-electron chi connectivity index (χ1n) is 4.24.